The zero-order valence-corrected chi connectivity index (χ0v) is 10.1. The fourth-order valence-electron chi connectivity index (χ4n) is 1.47. The lowest BCUT2D eigenvalue weighted by Crippen LogP contribution is -2.44. The summed E-state index contributed by atoms with van der Waals surface area (Å²) in [5.74, 6) is -1.55. The summed E-state index contributed by atoms with van der Waals surface area (Å²) in [5.41, 5.74) is 4.48. The Morgan fingerprint density at radius 3 is 2.10 bits per heavy atom. The van der Waals surface area contributed by atoms with Gasteiger partial charge in [0.15, 0.2) is 0 Å². The standard InChI is InChI=1S/C11H9F7N2O/c12-6-2-1-5(7(3-6)8(19)20)4-21-9(10(13,14)15)11(16,17)18/h1-3,9H,4H2,(H3,19,20). The van der Waals surface area contributed by atoms with E-state index in [0.29, 0.717) is 0 Å². The summed E-state index contributed by atoms with van der Waals surface area (Å²) >= 11 is 0. The molecule has 0 atom stereocenters. The highest BCUT2D eigenvalue weighted by Gasteiger charge is 2.57. The molecule has 0 saturated heterocycles. The van der Waals surface area contributed by atoms with Gasteiger partial charge in [0.25, 0.3) is 0 Å². The molecule has 0 aliphatic heterocycles. The Labute approximate surface area is 114 Å². The highest BCUT2D eigenvalue weighted by molar-refractivity contribution is 5.96. The van der Waals surface area contributed by atoms with E-state index < -0.39 is 36.7 Å². The minimum Gasteiger partial charge on any atom is -0.384 e. The Morgan fingerprint density at radius 1 is 1.14 bits per heavy atom. The van der Waals surface area contributed by atoms with Crippen LogP contribution in [0.2, 0.25) is 0 Å². The second kappa shape index (κ2) is 5.88. The molecule has 0 amide bonds. The molecule has 1 rings (SSSR count). The van der Waals surface area contributed by atoms with E-state index in [1.54, 1.807) is 0 Å². The van der Waals surface area contributed by atoms with Crippen LogP contribution in [0.5, 0.6) is 0 Å². The summed E-state index contributed by atoms with van der Waals surface area (Å²) in [7, 11) is 0. The number of benzene rings is 1. The third-order valence-corrected chi connectivity index (χ3v) is 2.36. The number of rotatable bonds is 4. The SMILES string of the molecule is N=C(N)c1cc(F)ccc1COC(C(F)(F)F)C(F)(F)F. The first-order valence-corrected chi connectivity index (χ1v) is 5.30. The van der Waals surface area contributed by atoms with Gasteiger partial charge in [-0.2, -0.15) is 26.3 Å². The average Bonchev–Trinajstić information content (AvgIpc) is 2.27. The molecule has 0 aliphatic rings. The van der Waals surface area contributed by atoms with Crippen molar-refractivity contribution < 1.29 is 35.5 Å². The van der Waals surface area contributed by atoms with Gasteiger partial charge in [0, 0.05) is 5.56 Å². The minimum absolute atomic E-state index is 0.262. The zero-order chi connectivity index (χ0) is 16.4. The van der Waals surface area contributed by atoms with Crippen LogP contribution in [0.4, 0.5) is 30.7 Å². The smallest absolute Gasteiger partial charge is 0.384 e. The van der Waals surface area contributed by atoms with Crippen LogP contribution < -0.4 is 5.73 Å². The van der Waals surface area contributed by atoms with Crippen LogP contribution >= 0.6 is 0 Å². The number of hydrogen-bond donors (Lipinski definition) is 2. The van der Waals surface area contributed by atoms with Crippen molar-refractivity contribution in [2.75, 3.05) is 0 Å². The normalized spacial score (nSPS) is 12.8. The first-order valence-electron chi connectivity index (χ1n) is 5.30. The van der Waals surface area contributed by atoms with Crippen LogP contribution in [0.15, 0.2) is 18.2 Å². The average molecular weight is 318 g/mol. The van der Waals surface area contributed by atoms with Crippen LogP contribution in [0.1, 0.15) is 11.1 Å². The number of ether oxygens (including phenoxy) is 1. The van der Waals surface area contributed by atoms with Gasteiger partial charge in [-0.05, 0) is 17.7 Å². The van der Waals surface area contributed by atoms with Crippen LogP contribution in [0.3, 0.4) is 0 Å². The van der Waals surface area contributed by atoms with Gasteiger partial charge in [-0.1, -0.05) is 6.07 Å². The van der Waals surface area contributed by atoms with Gasteiger partial charge in [-0.3, -0.25) is 5.41 Å². The van der Waals surface area contributed by atoms with E-state index in [0.717, 1.165) is 18.2 Å². The molecule has 3 nitrogen and oxygen atoms in total. The number of nitrogens with two attached hydrogens (primary N) is 1. The van der Waals surface area contributed by atoms with E-state index in [2.05, 4.69) is 4.74 Å². The van der Waals surface area contributed by atoms with E-state index in [4.69, 9.17) is 11.1 Å². The fourth-order valence-corrected chi connectivity index (χ4v) is 1.47. The Hall–Kier alpha value is -1.84. The first-order chi connectivity index (χ1) is 9.43. The van der Waals surface area contributed by atoms with Gasteiger partial charge in [-0.25, -0.2) is 4.39 Å². The zero-order valence-electron chi connectivity index (χ0n) is 10.1. The van der Waals surface area contributed by atoms with Crippen LogP contribution in [-0.2, 0) is 11.3 Å². The highest BCUT2D eigenvalue weighted by atomic mass is 19.4. The maximum Gasteiger partial charge on any atom is 0.423 e. The molecule has 0 bridgehead atoms. The fraction of sp³-hybridized carbons (Fsp3) is 0.364. The monoisotopic (exact) mass is 318 g/mol. The maximum atomic E-state index is 12.9. The van der Waals surface area contributed by atoms with Crippen molar-refractivity contribution in [3.8, 4) is 0 Å². The molecule has 0 aliphatic carbocycles. The van der Waals surface area contributed by atoms with Gasteiger partial charge in [0.2, 0.25) is 6.10 Å². The molecular weight excluding hydrogens is 309 g/mol. The molecule has 3 N–H and O–H groups in total. The highest BCUT2D eigenvalue weighted by Crippen LogP contribution is 2.36. The molecule has 0 fully saturated rings. The summed E-state index contributed by atoms with van der Waals surface area (Å²) in [5, 5.41) is 7.12. The lowest BCUT2D eigenvalue weighted by molar-refractivity contribution is -0.324. The quantitative estimate of drug-likeness (QED) is 0.509. The molecule has 0 unspecified atom stereocenters. The molecule has 21 heavy (non-hydrogen) atoms. The lowest BCUT2D eigenvalue weighted by Gasteiger charge is -2.23. The predicted octanol–water partition coefficient (Wildman–Crippen LogP) is 3.12. The van der Waals surface area contributed by atoms with Crippen molar-refractivity contribution in [1.82, 2.24) is 0 Å². The largest absolute Gasteiger partial charge is 0.423 e. The lowest BCUT2D eigenvalue weighted by atomic mass is 10.1. The number of hydrogen-bond acceptors (Lipinski definition) is 2. The van der Waals surface area contributed by atoms with E-state index in [-0.39, 0.29) is 11.1 Å². The predicted molar refractivity (Wildman–Crippen MR) is 58.1 cm³/mol. The van der Waals surface area contributed by atoms with Gasteiger partial charge in [0.1, 0.15) is 11.7 Å². The van der Waals surface area contributed by atoms with Gasteiger partial charge in [0.05, 0.1) is 6.61 Å². The molecule has 0 saturated carbocycles. The number of amidine groups is 1. The minimum atomic E-state index is -5.64. The number of alkyl halides is 6. The molecule has 1 aromatic rings. The number of nitrogens with one attached hydrogen (secondary N) is 1. The van der Waals surface area contributed by atoms with E-state index >= 15 is 0 Å². The summed E-state index contributed by atoms with van der Waals surface area (Å²) in [4.78, 5) is 0. The van der Waals surface area contributed by atoms with E-state index in [1.807, 2.05) is 0 Å². The third-order valence-electron chi connectivity index (χ3n) is 2.36. The molecule has 0 aromatic heterocycles. The van der Waals surface area contributed by atoms with Crippen LogP contribution in [0.25, 0.3) is 0 Å². The molecular formula is C11H9F7N2O. The molecule has 118 valence electrons. The summed E-state index contributed by atoms with van der Waals surface area (Å²) < 4.78 is 90.4. The Kier molecular flexibility index (Phi) is 4.82. The van der Waals surface area contributed by atoms with Crippen molar-refractivity contribution in [3.05, 3.63) is 35.1 Å². The van der Waals surface area contributed by atoms with Gasteiger partial charge in [-0.15, -0.1) is 0 Å². The molecule has 10 heteroatoms. The molecule has 1 aromatic carbocycles. The Balaban J connectivity index is 2.99. The van der Waals surface area contributed by atoms with Crippen molar-refractivity contribution in [1.29, 1.82) is 5.41 Å². The first kappa shape index (κ1) is 17.2. The topological polar surface area (TPSA) is 59.1 Å². The summed E-state index contributed by atoms with van der Waals surface area (Å²) in [6, 6.07) is 2.43. The van der Waals surface area contributed by atoms with E-state index in [9.17, 15) is 30.7 Å². The third kappa shape index (κ3) is 4.59. The van der Waals surface area contributed by atoms with E-state index in [1.165, 1.54) is 0 Å². The Morgan fingerprint density at radius 2 is 1.67 bits per heavy atom. The number of halogens is 7. The van der Waals surface area contributed by atoms with Crippen LogP contribution in [-0.4, -0.2) is 24.3 Å². The second-order valence-electron chi connectivity index (χ2n) is 3.99. The Bertz CT molecular complexity index is 510. The maximum absolute atomic E-state index is 12.9. The van der Waals surface area contributed by atoms with Crippen molar-refractivity contribution in [2.45, 2.75) is 25.1 Å². The summed E-state index contributed by atoms with van der Waals surface area (Å²) in [6.45, 7) is -1.13. The summed E-state index contributed by atoms with van der Waals surface area (Å²) in [6.07, 6.45) is -15.3. The van der Waals surface area contributed by atoms with Gasteiger partial charge < -0.3 is 10.5 Å². The van der Waals surface area contributed by atoms with Crippen LogP contribution in [0, 0.1) is 11.2 Å². The van der Waals surface area contributed by atoms with Crippen molar-refractivity contribution in [3.63, 3.8) is 0 Å². The second-order valence-corrected chi connectivity index (χ2v) is 3.99. The number of nitrogen functional groups attached to an aromatic ring is 1. The van der Waals surface area contributed by atoms with Gasteiger partial charge >= 0.3 is 12.4 Å². The molecule has 0 heterocycles. The van der Waals surface area contributed by atoms with Crippen molar-refractivity contribution >= 4 is 5.84 Å². The molecule has 0 radical (unpaired) electrons. The van der Waals surface area contributed by atoms with Crippen molar-refractivity contribution in [2.24, 2.45) is 5.73 Å². The molecule has 0 spiro atoms.